The lowest BCUT2D eigenvalue weighted by Crippen LogP contribution is -2.23. The van der Waals surface area contributed by atoms with Crippen molar-refractivity contribution in [3.63, 3.8) is 0 Å². The summed E-state index contributed by atoms with van der Waals surface area (Å²) in [6.45, 7) is 1.85. The summed E-state index contributed by atoms with van der Waals surface area (Å²) in [6.07, 6.45) is 2.40. The van der Waals surface area contributed by atoms with Gasteiger partial charge in [-0.25, -0.2) is 13.2 Å². The molecule has 1 nitrogen and oxygen atoms in total. The van der Waals surface area contributed by atoms with Crippen molar-refractivity contribution in [3.8, 4) is 0 Å². The van der Waals surface area contributed by atoms with Crippen LogP contribution in [0.4, 0.5) is 13.2 Å². The number of hydrogen-bond acceptors (Lipinski definition) is 1. The second-order valence-corrected chi connectivity index (χ2v) is 5.05. The Kier molecular flexibility index (Phi) is 3.17. The minimum atomic E-state index is -1.23. The van der Waals surface area contributed by atoms with Gasteiger partial charge in [0.25, 0.3) is 0 Å². The van der Waals surface area contributed by atoms with Gasteiger partial charge in [0.05, 0.1) is 6.10 Å². The van der Waals surface area contributed by atoms with Gasteiger partial charge in [-0.05, 0) is 24.3 Å². The highest BCUT2D eigenvalue weighted by Crippen LogP contribution is 2.47. The number of aliphatic hydroxyl groups is 1. The normalized spacial score (nSPS) is 20.5. The first-order chi connectivity index (χ1) is 7.94. The van der Waals surface area contributed by atoms with E-state index in [0.717, 1.165) is 31.7 Å². The van der Waals surface area contributed by atoms with E-state index in [1.165, 1.54) is 0 Å². The minimum absolute atomic E-state index is 0.145. The first-order valence-corrected chi connectivity index (χ1v) is 5.76. The highest BCUT2D eigenvalue weighted by Gasteiger charge is 2.38. The average molecular weight is 244 g/mol. The fraction of sp³-hybridized carbons (Fsp3) is 0.538. The Labute approximate surface area is 98.3 Å². The first kappa shape index (κ1) is 12.4. The topological polar surface area (TPSA) is 20.2 Å². The molecule has 1 aromatic rings. The first-order valence-electron chi connectivity index (χ1n) is 5.76. The number of benzene rings is 1. The van der Waals surface area contributed by atoms with E-state index in [1.54, 1.807) is 0 Å². The van der Waals surface area contributed by atoms with Crippen molar-refractivity contribution in [1.82, 2.24) is 0 Å². The zero-order valence-corrected chi connectivity index (χ0v) is 9.64. The van der Waals surface area contributed by atoms with E-state index < -0.39 is 29.0 Å². The van der Waals surface area contributed by atoms with Crippen molar-refractivity contribution in [2.24, 2.45) is 5.41 Å². The lowest BCUT2D eigenvalue weighted by atomic mass is 9.79. The van der Waals surface area contributed by atoms with Crippen molar-refractivity contribution in [2.75, 3.05) is 0 Å². The Morgan fingerprint density at radius 3 is 2.18 bits per heavy atom. The van der Waals surface area contributed by atoms with Gasteiger partial charge in [-0.2, -0.15) is 0 Å². The minimum Gasteiger partial charge on any atom is -0.388 e. The summed E-state index contributed by atoms with van der Waals surface area (Å²) in [6, 6.07) is 1.26. The molecule has 0 saturated heterocycles. The summed E-state index contributed by atoms with van der Waals surface area (Å²) in [7, 11) is 0. The summed E-state index contributed by atoms with van der Waals surface area (Å²) in [5.41, 5.74) is -0.584. The van der Waals surface area contributed by atoms with E-state index in [-0.39, 0.29) is 5.56 Å². The zero-order chi connectivity index (χ0) is 12.6. The van der Waals surface area contributed by atoms with Crippen molar-refractivity contribution in [2.45, 2.75) is 38.7 Å². The van der Waals surface area contributed by atoms with Gasteiger partial charge in [0.1, 0.15) is 5.82 Å². The van der Waals surface area contributed by atoms with Crippen LogP contribution in [0, 0.1) is 22.9 Å². The summed E-state index contributed by atoms with van der Waals surface area (Å²) in [5.74, 6) is -3.23. The summed E-state index contributed by atoms with van der Waals surface area (Å²) in [5, 5.41) is 10.1. The van der Waals surface area contributed by atoms with Crippen molar-refractivity contribution in [1.29, 1.82) is 0 Å². The molecule has 1 atom stereocenters. The molecule has 17 heavy (non-hydrogen) atoms. The van der Waals surface area contributed by atoms with Crippen LogP contribution in [0.1, 0.15) is 44.3 Å². The lowest BCUT2D eigenvalue weighted by molar-refractivity contribution is 0.0375. The van der Waals surface area contributed by atoms with Crippen LogP contribution < -0.4 is 0 Å². The van der Waals surface area contributed by atoms with Gasteiger partial charge >= 0.3 is 0 Å². The predicted molar refractivity (Wildman–Crippen MR) is 57.9 cm³/mol. The fourth-order valence-electron chi connectivity index (χ4n) is 2.58. The smallest absolute Gasteiger partial charge is 0.161 e. The van der Waals surface area contributed by atoms with E-state index >= 15 is 0 Å². The Morgan fingerprint density at radius 2 is 1.59 bits per heavy atom. The van der Waals surface area contributed by atoms with Crippen LogP contribution in [-0.4, -0.2) is 5.11 Å². The molecule has 1 saturated carbocycles. The van der Waals surface area contributed by atoms with Crippen LogP contribution >= 0.6 is 0 Å². The number of rotatable bonds is 2. The third-order valence-corrected chi connectivity index (χ3v) is 3.74. The third-order valence-electron chi connectivity index (χ3n) is 3.74. The van der Waals surface area contributed by atoms with Crippen molar-refractivity contribution in [3.05, 3.63) is 35.1 Å². The van der Waals surface area contributed by atoms with Gasteiger partial charge < -0.3 is 5.11 Å². The molecule has 1 fully saturated rings. The Morgan fingerprint density at radius 1 is 1.06 bits per heavy atom. The maximum absolute atomic E-state index is 13.5. The molecule has 1 aromatic carbocycles. The highest BCUT2D eigenvalue weighted by atomic mass is 19.2. The maximum Gasteiger partial charge on any atom is 0.161 e. The second-order valence-electron chi connectivity index (χ2n) is 5.05. The molecule has 0 aliphatic heterocycles. The van der Waals surface area contributed by atoms with E-state index in [1.807, 2.05) is 6.92 Å². The third kappa shape index (κ3) is 2.18. The molecule has 0 heterocycles. The Bertz CT molecular complexity index is 425. The quantitative estimate of drug-likeness (QED) is 0.786. The number of hydrogen-bond donors (Lipinski definition) is 1. The van der Waals surface area contributed by atoms with Gasteiger partial charge in [0, 0.05) is 11.6 Å². The second kappa shape index (κ2) is 4.33. The highest BCUT2D eigenvalue weighted by molar-refractivity contribution is 5.24. The van der Waals surface area contributed by atoms with E-state index in [9.17, 15) is 18.3 Å². The molecule has 1 aliphatic carbocycles. The van der Waals surface area contributed by atoms with Crippen molar-refractivity contribution < 1.29 is 18.3 Å². The number of halogens is 3. The molecule has 1 aliphatic rings. The molecule has 0 aromatic heterocycles. The number of aliphatic hydroxyl groups excluding tert-OH is 1. The Balaban J connectivity index is 2.36. The van der Waals surface area contributed by atoms with Crippen LogP contribution in [0.3, 0.4) is 0 Å². The van der Waals surface area contributed by atoms with Gasteiger partial charge in [0.2, 0.25) is 0 Å². The van der Waals surface area contributed by atoms with Gasteiger partial charge in [0.15, 0.2) is 11.6 Å². The molecule has 0 amide bonds. The van der Waals surface area contributed by atoms with E-state index in [4.69, 9.17) is 0 Å². The van der Waals surface area contributed by atoms with Crippen LogP contribution in [0.25, 0.3) is 0 Å². The SMILES string of the molecule is CC1(C(O)c2cc(F)c(F)cc2F)CCCC1. The average Bonchev–Trinajstić information content (AvgIpc) is 2.71. The van der Waals surface area contributed by atoms with Crippen LogP contribution in [-0.2, 0) is 0 Å². The van der Waals surface area contributed by atoms with E-state index in [2.05, 4.69) is 0 Å². The molecular formula is C13H15F3O. The standard InChI is InChI=1S/C13H15F3O/c1-13(4-2-3-5-13)12(17)8-6-10(15)11(16)7-9(8)14/h6-7,12,17H,2-5H2,1H3. The summed E-state index contributed by atoms with van der Waals surface area (Å²) >= 11 is 0. The van der Waals surface area contributed by atoms with Crippen LogP contribution in [0.2, 0.25) is 0 Å². The molecule has 4 heteroatoms. The predicted octanol–water partition coefficient (Wildman–Crippen LogP) is 3.72. The van der Waals surface area contributed by atoms with Crippen LogP contribution in [0.15, 0.2) is 12.1 Å². The summed E-state index contributed by atoms with van der Waals surface area (Å²) < 4.78 is 39.4. The lowest BCUT2D eigenvalue weighted by Gasteiger charge is -2.30. The molecule has 1 N–H and O–H groups in total. The molecule has 0 spiro atoms. The monoisotopic (exact) mass is 244 g/mol. The molecule has 0 bridgehead atoms. The van der Waals surface area contributed by atoms with Crippen molar-refractivity contribution >= 4 is 0 Å². The molecule has 2 rings (SSSR count). The van der Waals surface area contributed by atoms with Gasteiger partial charge in [-0.3, -0.25) is 0 Å². The fourth-order valence-corrected chi connectivity index (χ4v) is 2.58. The molecule has 94 valence electrons. The van der Waals surface area contributed by atoms with Gasteiger partial charge in [-0.15, -0.1) is 0 Å². The van der Waals surface area contributed by atoms with Crippen LogP contribution in [0.5, 0.6) is 0 Å². The zero-order valence-electron chi connectivity index (χ0n) is 9.64. The van der Waals surface area contributed by atoms with E-state index in [0.29, 0.717) is 6.07 Å². The molecule has 1 unspecified atom stereocenters. The molecular weight excluding hydrogens is 229 g/mol. The largest absolute Gasteiger partial charge is 0.388 e. The van der Waals surface area contributed by atoms with Gasteiger partial charge in [-0.1, -0.05) is 19.8 Å². The Hall–Kier alpha value is -1.03. The maximum atomic E-state index is 13.5. The molecule has 0 radical (unpaired) electrons. The summed E-state index contributed by atoms with van der Waals surface area (Å²) in [4.78, 5) is 0.